The Kier molecular flexibility index (Phi) is 10.8. The fourth-order valence-electron chi connectivity index (χ4n) is 11.3. The van der Waals surface area contributed by atoms with Crippen LogP contribution in [0.4, 0.5) is 15.9 Å². The highest BCUT2D eigenvalue weighted by Gasteiger charge is 2.41. The number of carbonyl (C=O) groups is 3. The third-order valence-electron chi connectivity index (χ3n) is 14.6. The van der Waals surface area contributed by atoms with E-state index >= 15 is 4.39 Å². The summed E-state index contributed by atoms with van der Waals surface area (Å²) in [4.78, 5) is 60.7. The molecule has 0 aliphatic carbocycles. The van der Waals surface area contributed by atoms with Crippen LogP contribution in [0.25, 0.3) is 32.9 Å². The number of aryl methyl sites for hydroxylation is 1. The van der Waals surface area contributed by atoms with Crippen LogP contribution in [-0.2, 0) is 27.3 Å². The molecule has 11 rings (SSSR count). The SMILES string of the molecule is CCc1cccc2cc(O)cc(-c3ncc4c(N5CC6CCC(C5)N6)nc(OC[C@@H]5C[C@@H](OC6CCN(c7cccc8c7CN(C7CCC(=O)NC7=O)C8=O)CC6)CN5C)nc4c3F)c12. The lowest BCUT2D eigenvalue weighted by Gasteiger charge is -2.35. The second-order valence-electron chi connectivity index (χ2n) is 18.7. The van der Waals surface area contributed by atoms with Crippen LogP contribution in [0.1, 0.15) is 73.4 Å². The molecular weight excluding hydrogens is 830 g/mol. The van der Waals surface area contributed by atoms with Crippen LogP contribution >= 0.6 is 0 Å². The number of nitrogens with zero attached hydrogens (tertiary/aromatic N) is 7. The number of hydrogen-bond donors (Lipinski definition) is 3. The number of likely N-dealkylation sites (N-methyl/N-ethyl adjacent to an activating group) is 1. The molecule has 3 N–H and O–H groups in total. The van der Waals surface area contributed by atoms with Gasteiger partial charge in [0.1, 0.15) is 35.4 Å². The third kappa shape index (κ3) is 7.68. The number of benzene rings is 3. The molecule has 6 aliphatic rings. The third-order valence-corrected chi connectivity index (χ3v) is 14.6. The highest BCUT2D eigenvalue weighted by Crippen LogP contribution is 2.40. The normalized spacial score (nSPS) is 25.0. The number of piperazine rings is 1. The van der Waals surface area contributed by atoms with Crippen LogP contribution in [0.15, 0.2) is 54.7 Å². The number of phenolic OH excluding ortho intramolecular Hbond substituents is 1. The summed E-state index contributed by atoms with van der Waals surface area (Å²) in [5.41, 5.74) is 4.37. The molecule has 5 saturated heterocycles. The molecule has 16 heteroatoms. The molecule has 2 aromatic heterocycles. The number of likely N-dealkylation sites (tertiary alicyclic amines) is 1. The maximum atomic E-state index is 17.1. The number of ether oxygens (including phenoxy) is 2. The highest BCUT2D eigenvalue weighted by molar-refractivity contribution is 6.06. The Hall–Kier alpha value is -5.97. The van der Waals surface area contributed by atoms with E-state index in [1.165, 1.54) is 0 Å². The van der Waals surface area contributed by atoms with Crippen LogP contribution in [0.2, 0.25) is 0 Å². The molecule has 0 radical (unpaired) electrons. The Bertz CT molecular complexity index is 2720. The summed E-state index contributed by atoms with van der Waals surface area (Å²) in [6.07, 6.45) is 7.62. The molecule has 0 saturated carbocycles. The Balaban J connectivity index is 0.780. The Morgan fingerprint density at radius 2 is 1.71 bits per heavy atom. The number of aromatic hydroxyl groups is 1. The van der Waals surface area contributed by atoms with Gasteiger partial charge in [-0.3, -0.25) is 29.6 Å². The lowest BCUT2D eigenvalue weighted by Crippen LogP contribution is -2.52. The van der Waals surface area contributed by atoms with Crippen molar-refractivity contribution in [3.8, 4) is 23.0 Å². The summed E-state index contributed by atoms with van der Waals surface area (Å²) in [5, 5.41) is 19.0. The smallest absolute Gasteiger partial charge is 0.319 e. The Morgan fingerprint density at radius 3 is 2.49 bits per heavy atom. The number of rotatable bonds is 10. The van der Waals surface area contributed by atoms with Gasteiger partial charge in [-0.25, -0.2) is 4.39 Å². The molecule has 8 heterocycles. The lowest BCUT2D eigenvalue weighted by molar-refractivity contribution is -0.136. The first-order chi connectivity index (χ1) is 31.6. The zero-order valence-corrected chi connectivity index (χ0v) is 36.8. The number of halogens is 1. The van der Waals surface area contributed by atoms with Gasteiger partial charge in [0, 0.05) is 92.4 Å². The zero-order valence-electron chi connectivity index (χ0n) is 36.8. The number of carbonyl (C=O) groups excluding carboxylic acids is 3. The second-order valence-corrected chi connectivity index (χ2v) is 18.7. The lowest BCUT2D eigenvalue weighted by atomic mass is 9.95. The topological polar surface area (TPSA) is 166 Å². The van der Waals surface area contributed by atoms with Gasteiger partial charge in [0.15, 0.2) is 5.82 Å². The summed E-state index contributed by atoms with van der Waals surface area (Å²) >= 11 is 0. The quantitative estimate of drug-likeness (QED) is 0.159. The van der Waals surface area contributed by atoms with E-state index in [1.807, 2.05) is 30.3 Å². The number of fused-ring (bicyclic) bond motifs is 5. The van der Waals surface area contributed by atoms with E-state index in [4.69, 9.17) is 24.4 Å². The first-order valence-corrected chi connectivity index (χ1v) is 23.2. The first kappa shape index (κ1) is 41.7. The summed E-state index contributed by atoms with van der Waals surface area (Å²) in [5.74, 6) is -0.801. The minimum atomic E-state index is -0.649. The van der Waals surface area contributed by atoms with E-state index in [1.54, 1.807) is 23.2 Å². The monoisotopic (exact) mass is 883 g/mol. The number of pyridine rings is 1. The summed E-state index contributed by atoms with van der Waals surface area (Å²) in [7, 11) is 2.07. The van der Waals surface area contributed by atoms with E-state index in [-0.39, 0.29) is 59.5 Å². The molecule has 3 unspecified atom stereocenters. The average molecular weight is 884 g/mol. The molecule has 338 valence electrons. The standard InChI is InChI=1S/C49H54FN9O6/c1-3-27-6-4-7-28-18-32(60)20-36(42(27)28)44-43(50)45-37(21-51-44)46(58-22-29-10-11-30(23-58)52-29)55-49(54-45)64-26-31-19-34(24-56(31)2)65-33-14-16-57(17-15-33)39-9-5-8-35-38(39)25-59(48(35)63)40-12-13-41(61)53-47(40)62/h4-9,18,20-21,29-31,33-34,40,52,60H,3,10-17,19,22-26H2,1-2H3,(H,53,61,62)/t29?,30?,31-,34+,40?/m0/s1. The minimum absolute atomic E-state index is 0.00596. The van der Waals surface area contributed by atoms with Crippen molar-refractivity contribution >= 4 is 50.9 Å². The van der Waals surface area contributed by atoms with Crippen LogP contribution in [0.5, 0.6) is 11.8 Å². The summed E-state index contributed by atoms with van der Waals surface area (Å²) in [6, 6.07) is 15.1. The second kappa shape index (κ2) is 16.8. The molecule has 5 atom stereocenters. The summed E-state index contributed by atoms with van der Waals surface area (Å²) in [6.45, 7) is 6.47. The Labute approximate surface area is 376 Å². The maximum absolute atomic E-state index is 17.1. The zero-order chi connectivity index (χ0) is 44.5. The van der Waals surface area contributed by atoms with Crippen LogP contribution in [0.3, 0.4) is 0 Å². The van der Waals surface area contributed by atoms with Crippen molar-refractivity contribution in [3.63, 3.8) is 0 Å². The molecule has 3 amide bonds. The van der Waals surface area contributed by atoms with E-state index in [0.29, 0.717) is 54.0 Å². The number of hydrogen-bond acceptors (Lipinski definition) is 13. The predicted octanol–water partition coefficient (Wildman–Crippen LogP) is 5.09. The van der Waals surface area contributed by atoms with Gasteiger partial charge >= 0.3 is 6.01 Å². The number of anilines is 2. The number of piperidine rings is 2. The van der Waals surface area contributed by atoms with E-state index in [0.717, 1.165) is 98.8 Å². The van der Waals surface area contributed by atoms with Gasteiger partial charge in [0.2, 0.25) is 11.8 Å². The molecular formula is C49H54FN9O6. The van der Waals surface area contributed by atoms with Gasteiger partial charge < -0.3 is 34.6 Å². The van der Waals surface area contributed by atoms with Crippen molar-refractivity contribution in [1.82, 2.24) is 35.4 Å². The van der Waals surface area contributed by atoms with Gasteiger partial charge in [-0.2, -0.15) is 9.97 Å². The van der Waals surface area contributed by atoms with Gasteiger partial charge in [-0.1, -0.05) is 31.2 Å². The predicted molar refractivity (Wildman–Crippen MR) is 243 cm³/mol. The van der Waals surface area contributed by atoms with Crippen molar-refractivity contribution < 1.29 is 33.4 Å². The number of phenols is 1. The molecule has 2 bridgehead atoms. The van der Waals surface area contributed by atoms with E-state index < -0.39 is 17.8 Å². The van der Waals surface area contributed by atoms with Crippen LogP contribution < -0.4 is 25.2 Å². The number of nitrogens with one attached hydrogen (secondary N) is 2. The number of amides is 3. The van der Waals surface area contributed by atoms with Crippen molar-refractivity contribution in [2.75, 3.05) is 56.2 Å². The van der Waals surface area contributed by atoms with Gasteiger partial charge in [-0.15, -0.1) is 0 Å². The highest BCUT2D eigenvalue weighted by atomic mass is 19.1. The molecule has 3 aromatic carbocycles. The van der Waals surface area contributed by atoms with E-state index in [9.17, 15) is 19.5 Å². The molecule has 15 nitrogen and oxygen atoms in total. The van der Waals surface area contributed by atoms with E-state index in [2.05, 4.69) is 45.4 Å². The maximum Gasteiger partial charge on any atom is 0.319 e. The van der Waals surface area contributed by atoms with Crippen molar-refractivity contribution in [2.45, 2.75) is 101 Å². The van der Waals surface area contributed by atoms with Gasteiger partial charge in [0.25, 0.3) is 5.91 Å². The molecule has 65 heavy (non-hydrogen) atoms. The molecule has 5 fully saturated rings. The molecule has 5 aromatic rings. The Morgan fingerprint density at radius 1 is 0.908 bits per heavy atom. The van der Waals surface area contributed by atoms with Gasteiger partial charge in [0.05, 0.1) is 17.6 Å². The fourth-order valence-corrected chi connectivity index (χ4v) is 11.3. The van der Waals surface area contributed by atoms with Crippen molar-refractivity contribution in [2.24, 2.45) is 0 Å². The van der Waals surface area contributed by atoms with Gasteiger partial charge in [-0.05, 0) is 92.6 Å². The molecule has 0 spiro atoms. The minimum Gasteiger partial charge on any atom is -0.508 e. The average Bonchev–Trinajstić information content (AvgIpc) is 3.96. The van der Waals surface area contributed by atoms with Crippen molar-refractivity contribution in [1.29, 1.82) is 0 Å². The number of imide groups is 1. The van der Waals surface area contributed by atoms with Crippen LogP contribution in [-0.4, -0.2) is 130 Å². The largest absolute Gasteiger partial charge is 0.508 e. The molecule has 6 aliphatic heterocycles. The van der Waals surface area contributed by atoms with Crippen molar-refractivity contribution in [3.05, 3.63) is 77.2 Å². The van der Waals surface area contributed by atoms with Crippen LogP contribution in [0, 0.1) is 5.82 Å². The summed E-state index contributed by atoms with van der Waals surface area (Å²) < 4.78 is 30.3. The first-order valence-electron chi connectivity index (χ1n) is 23.2. The fraction of sp³-hybridized carbons (Fsp3) is 0.469. The number of aromatic nitrogens is 3.